The number of carbonyl (C=O) groups is 1. The lowest BCUT2D eigenvalue weighted by molar-refractivity contribution is -0.136. The third-order valence-electron chi connectivity index (χ3n) is 3.05. The summed E-state index contributed by atoms with van der Waals surface area (Å²) in [6.07, 6.45) is 2.14. The molecule has 4 heteroatoms. The van der Waals surface area contributed by atoms with Gasteiger partial charge in [-0.1, -0.05) is 0 Å². The first-order valence-electron chi connectivity index (χ1n) is 6.36. The fraction of sp³-hybridized carbons (Fsp3) is 0.917. The highest BCUT2D eigenvalue weighted by Crippen LogP contribution is 2.13. The van der Waals surface area contributed by atoms with Crippen molar-refractivity contribution in [1.82, 2.24) is 10.2 Å². The van der Waals surface area contributed by atoms with Crippen LogP contribution in [0.3, 0.4) is 0 Å². The van der Waals surface area contributed by atoms with Crippen LogP contribution in [0.2, 0.25) is 0 Å². The van der Waals surface area contributed by atoms with Crippen molar-refractivity contribution in [2.75, 3.05) is 39.4 Å². The van der Waals surface area contributed by atoms with Crippen molar-refractivity contribution in [3.8, 4) is 0 Å². The molecular weight excluding hydrogens is 204 g/mol. The van der Waals surface area contributed by atoms with E-state index in [-0.39, 0.29) is 11.8 Å². The third-order valence-corrected chi connectivity index (χ3v) is 3.05. The van der Waals surface area contributed by atoms with Crippen molar-refractivity contribution < 1.29 is 9.53 Å². The molecule has 4 nitrogen and oxygen atoms in total. The van der Waals surface area contributed by atoms with E-state index >= 15 is 0 Å². The predicted molar refractivity (Wildman–Crippen MR) is 64.3 cm³/mol. The maximum Gasteiger partial charge on any atom is 0.227 e. The molecule has 0 aromatic carbocycles. The van der Waals surface area contributed by atoms with Crippen LogP contribution in [0.15, 0.2) is 0 Å². The minimum absolute atomic E-state index is 0.176. The summed E-state index contributed by atoms with van der Waals surface area (Å²) >= 11 is 0. The molecule has 0 unspecified atom stereocenters. The van der Waals surface area contributed by atoms with E-state index in [1.165, 1.54) is 0 Å². The quantitative estimate of drug-likeness (QED) is 0.686. The average Bonchev–Trinajstić information content (AvgIpc) is 2.35. The second-order valence-electron chi connectivity index (χ2n) is 4.16. The van der Waals surface area contributed by atoms with E-state index in [1.807, 2.05) is 18.7 Å². The number of carbonyl (C=O) groups excluding carboxylic acids is 1. The first kappa shape index (κ1) is 13.5. The topological polar surface area (TPSA) is 41.6 Å². The second-order valence-corrected chi connectivity index (χ2v) is 4.16. The molecule has 0 spiro atoms. The first-order valence-corrected chi connectivity index (χ1v) is 6.36. The minimum atomic E-state index is 0.176. The highest BCUT2D eigenvalue weighted by molar-refractivity contribution is 5.79. The van der Waals surface area contributed by atoms with Crippen molar-refractivity contribution >= 4 is 5.91 Å². The molecule has 1 rings (SSSR count). The van der Waals surface area contributed by atoms with Crippen LogP contribution in [-0.2, 0) is 9.53 Å². The average molecular weight is 228 g/mol. The first-order chi connectivity index (χ1) is 7.79. The number of hydrogen-bond acceptors (Lipinski definition) is 3. The van der Waals surface area contributed by atoms with Crippen LogP contribution in [0.4, 0.5) is 0 Å². The maximum atomic E-state index is 12.2. The van der Waals surface area contributed by atoms with Gasteiger partial charge >= 0.3 is 0 Å². The Kier molecular flexibility index (Phi) is 6.42. The van der Waals surface area contributed by atoms with Gasteiger partial charge in [-0.25, -0.2) is 0 Å². The number of rotatable bonds is 6. The van der Waals surface area contributed by atoms with Gasteiger partial charge in [0.2, 0.25) is 5.91 Å². The Bertz CT molecular complexity index is 203. The summed E-state index contributed by atoms with van der Waals surface area (Å²) < 4.78 is 5.29. The van der Waals surface area contributed by atoms with Crippen LogP contribution in [0, 0.1) is 5.92 Å². The Hall–Kier alpha value is -0.610. The van der Waals surface area contributed by atoms with Crippen molar-refractivity contribution in [2.24, 2.45) is 5.92 Å². The summed E-state index contributed by atoms with van der Waals surface area (Å²) in [5, 5.41) is 3.28. The Morgan fingerprint density at radius 1 is 1.50 bits per heavy atom. The van der Waals surface area contributed by atoms with Crippen molar-refractivity contribution in [2.45, 2.75) is 26.7 Å². The lowest BCUT2D eigenvalue weighted by atomic mass is 9.98. The molecule has 0 saturated carbocycles. The van der Waals surface area contributed by atoms with Crippen molar-refractivity contribution in [3.63, 3.8) is 0 Å². The van der Waals surface area contributed by atoms with Crippen molar-refractivity contribution in [1.29, 1.82) is 0 Å². The molecule has 1 N–H and O–H groups in total. The molecule has 0 aromatic rings. The molecule has 94 valence electrons. The summed E-state index contributed by atoms with van der Waals surface area (Å²) in [6.45, 7) is 8.76. The number of nitrogens with one attached hydrogen (secondary N) is 1. The monoisotopic (exact) mass is 228 g/mol. The lowest BCUT2D eigenvalue weighted by Gasteiger charge is -2.28. The van der Waals surface area contributed by atoms with E-state index in [0.29, 0.717) is 6.61 Å². The molecule has 0 aromatic heterocycles. The molecule has 0 bridgehead atoms. The molecule has 1 aliphatic heterocycles. The van der Waals surface area contributed by atoms with Crippen LogP contribution < -0.4 is 5.32 Å². The molecule has 1 fully saturated rings. The van der Waals surface area contributed by atoms with Gasteiger partial charge in [-0.2, -0.15) is 0 Å². The zero-order chi connectivity index (χ0) is 11.8. The van der Waals surface area contributed by atoms with Gasteiger partial charge in [-0.15, -0.1) is 0 Å². The molecule has 1 atom stereocenters. The standard InChI is InChI=1S/C12H24N2O2/c1-3-14(8-9-16-4-2)12(15)11-6-5-7-13-10-11/h11,13H,3-10H2,1-2H3/t11-/m0/s1. The van der Waals surface area contributed by atoms with Gasteiger partial charge in [0.1, 0.15) is 0 Å². The number of amides is 1. The summed E-state index contributed by atoms with van der Waals surface area (Å²) in [6, 6.07) is 0. The van der Waals surface area contributed by atoms with E-state index in [0.717, 1.165) is 45.6 Å². The largest absolute Gasteiger partial charge is 0.380 e. The highest BCUT2D eigenvalue weighted by Gasteiger charge is 2.24. The lowest BCUT2D eigenvalue weighted by Crippen LogP contribution is -2.44. The van der Waals surface area contributed by atoms with E-state index in [9.17, 15) is 4.79 Å². The van der Waals surface area contributed by atoms with Crippen LogP contribution in [-0.4, -0.2) is 50.2 Å². The third kappa shape index (κ3) is 4.10. The van der Waals surface area contributed by atoms with E-state index in [1.54, 1.807) is 0 Å². The van der Waals surface area contributed by atoms with E-state index in [2.05, 4.69) is 5.32 Å². The Labute approximate surface area is 98.3 Å². The molecular formula is C12H24N2O2. The van der Waals surface area contributed by atoms with E-state index in [4.69, 9.17) is 4.74 Å². The Morgan fingerprint density at radius 3 is 2.88 bits per heavy atom. The van der Waals surface area contributed by atoms with Gasteiger partial charge in [-0.3, -0.25) is 4.79 Å². The Morgan fingerprint density at radius 2 is 2.31 bits per heavy atom. The molecule has 16 heavy (non-hydrogen) atoms. The SMILES string of the molecule is CCOCCN(CC)C(=O)[C@H]1CCCNC1. The number of hydrogen-bond donors (Lipinski definition) is 1. The number of piperidine rings is 1. The smallest absolute Gasteiger partial charge is 0.227 e. The normalized spacial score (nSPS) is 20.8. The molecule has 0 aliphatic carbocycles. The van der Waals surface area contributed by atoms with Crippen LogP contribution in [0.25, 0.3) is 0 Å². The van der Waals surface area contributed by atoms with Gasteiger partial charge in [0.15, 0.2) is 0 Å². The van der Waals surface area contributed by atoms with Crippen molar-refractivity contribution in [3.05, 3.63) is 0 Å². The van der Waals surface area contributed by atoms with Gasteiger partial charge < -0.3 is 15.0 Å². The summed E-state index contributed by atoms with van der Waals surface area (Å²) in [5.74, 6) is 0.463. The van der Waals surface area contributed by atoms with Gasteiger partial charge in [0.25, 0.3) is 0 Å². The molecule has 1 heterocycles. The highest BCUT2D eigenvalue weighted by atomic mass is 16.5. The zero-order valence-corrected chi connectivity index (χ0v) is 10.5. The number of nitrogens with zero attached hydrogens (tertiary/aromatic N) is 1. The minimum Gasteiger partial charge on any atom is -0.380 e. The molecule has 0 radical (unpaired) electrons. The van der Waals surface area contributed by atoms with Crippen LogP contribution in [0.1, 0.15) is 26.7 Å². The zero-order valence-electron chi connectivity index (χ0n) is 10.5. The van der Waals surface area contributed by atoms with Crippen LogP contribution in [0.5, 0.6) is 0 Å². The van der Waals surface area contributed by atoms with Crippen LogP contribution >= 0.6 is 0 Å². The van der Waals surface area contributed by atoms with Gasteiger partial charge in [0.05, 0.1) is 12.5 Å². The maximum absolute atomic E-state index is 12.2. The number of ether oxygens (including phenoxy) is 1. The predicted octanol–water partition coefficient (Wildman–Crippen LogP) is 0.871. The van der Waals surface area contributed by atoms with Gasteiger partial charge in [-0.05, 0) is 33.2 Å². The fourth-order valence-electron chi connectivity index (χ4n) is 2.06. The van der Waals surface area contributed by atoms with E-state index < -0.39 is 0 Å². The summed E-state index contributed by atoms with van der Waals surface area (Å²) in [7, 11) is 0. The summed E-state index contributed by atoms with van der Waals surface area (Å²) in [5.41, 5.74) is 0. The summed E-state index contributed by atoms with van der Waals surface area (Å²) in [4.78, 5) is 14.1. The number of likely N-dealkylation sites (N-methyl/N-ethyl adjacent to an activating group) is 1. The molecule has 1 amide bonds. The second kappa shape index (κ2) is 7.63. The molecule has 1 saturated heterocycles. The van der Waals surface area contributed by atoms with Gasteiger partial charge in [0, 0.05) is 26.2 Å². The molecule has 1 aliphatic rings. The Balaban J connectivity index is 2.35. The fourth-order valence-corrected chi connectivity index (χ4v) is 2.06.